The van der Waals surface area contributed by atoms with Crippen molar-refractivity contribution in [3.8, 4) is 0 Å². The van der Waals surface area contributed by atoms with Crippen molar-refractivity contribution in [1.82, 2.24) is 10.2 Å². The number of nitrogens with zero attached hydrogens (tertiary/aromatic N) is 1. The summed E-state index contributed by atoms with van der Waals surface area (Å²) in [5.74, 6) is 0. The number of aliphatic hydroxyl groups is 2. The molecule has 0 aromatic rings. The number of likely N-dealkylation sites (tertiary alicyclic amines) is 1. The van der Waals surface area contributed by atoms with Crippen LogP contribution in [0.3, 0.4) is 0 Å². The Kier molecular flexibility index (Phi) is 6.10. The highest BCUT2D eigenvalue weighted by molar-refractivity contribution is 4.68. The van der Waals surface area contributed by atoms with Crippen molar-refractivity contribution in [2.75, 3.05) is 39.4 Å². The predicted molar refractivity (Wildman–Crippen MR) is 56.3 cm³/mol. The summed E-state index contributed by atoms with van der Waals surface area (Å²) in [5.41, 5.74) is 0. The van der Waals surface area contributed by atoms with Crippen LogP contribution in [0.25, 0.3) is 0 Å². The molecule has 1 fully saturated rings. The molecule has 0 atom stereocenters. The molecule has 0 unspecified atom stereocenters. The summed E-state index contributed by atoms with van der Waals surface area (Å²) in [4.78, 5) is 2.47. The zero-order valence-corrected chi connectivity index (χ0v) is 8.78. The lowest BCUT2D eigenvalue weighted by atomic mass is 10.3. The Morgan fingerprint density at radius 3 is 2.36 bits per heavy atom. The third-order valence-electron chi connectivity index (χ3n) is 2.72. The first-order chi connectivity index (χ1) is 6.86. The van der Waals surface area contributed by atoms with Crippen LogP contribution in [0.4, 0.5) is 0 Å². The molecule has 1 rings (SSSR count). The molecule has 84 valence electrons. The third-order valence-corrected chi connectivity index (χ3v) is 2.72. The summed E-state index contributed by atoms with van der Waals surface area (Å²) in [5, 5.41) is 20.7. The zero-order chi connectivity index (χ0) is 10.2. The molecule has 1 aliphatic heterocycles. The standard InChI is InChI=1S/C10H22N2O2/c13-8-10(9-14)11-4-3-7-12-5-1-2-6-12/h10-11,13-14H,1-9H2. The van der Waals surface area contributed by atoms with Gasteiger partial charge in [-0.05, 0) is 45.4 Å². The maximum atomic E-state index is 8.80. The zero-order valence-electron chi connectivity index (χ0n) is 8.78. The van der Waals surface area contributed by atoms with Gasteiger partial charge in [0.05, 0.1) is 19.3 Å². The molecule has 1 aliphatic rings. The third kappa shape index (κ3) is 4.37. The van der Waals surface area contributed by atoms with E-state index in [0.29, 0.717) is 0 Å². The van der Waals surface area contributed by atoms with Crippen LogP contribution in [0, 0.1) is 0 Å². The second kappa shape index (κ2) is 7.17. The molecule has 0 amide bonds. The lowest BCUT2D eigenvalue weighted by molar-refractivity contribution is 0.170. The summed E-state index contributed by atoms with van der Waals surface area (Å²) in [6.07, 6.45) is 3.77. The van der Waals surface area contributed by atoms with Crippen molar-refractivity contribution >= 4 is 0 Å². The van der Waals surface area contributed by atoms with Crippen LogP contribution in [0.15, 0.2) is 0 Å². The minimum absolute atomic E-state index is 0.0141. The van der Waals surface area contributed by atoms with Gasteiger partial charge in [-0.1, -0.05) is 0 Å². The van der Waals surface area contributed by atoms with Crippen molar-refractivity contribution in [3.05, 3.63) is 0 Å². The van der Waals surface area contributed by atoms with Gasteiger partial charge >= 0.3 is 0 Å². The molecular weight excluding hydrogens is 180 g/mol. The molecule has 3 N–H and O–H groups in total. The average molecular weight is 202 g/mol. The summed E-state index contributed by atoms with van der Waals surface area (Å²) >= 11 is 0. The monoisotopic (exact) mass is 202 g/mol. The summed E-state index contributed by atoms with van der Waals surface area (Å²) in [6, 6.07) is -0.145. The molecule has 0 bridgehead atoms. The lowest BCUT2D eigenvalue weighted by Crippen LogP contribution is -2.37. The smallest absolute Gasteiger partial charge is 0.0607 e. The molecule has 1 heterocycles. The van der Waals surface area contributed by atoms with Crippen LogP contribution >= 0.6 is 0 Å². The highest BCUT2D eigenvalue weighted by Gasteiger charge is 2.10. The quantitative estimate of drug-likeness (QED) is 0.483. The molecule has 0 radical (unpaired) electrons. The Labute approximate surface area is 85.9 Å². The Bertz CT molecular complexity index is 130. The average Bonchev–Trinajstić information content (AvgIpc) is 2.71. The highest BCUT2D eigenvalue weighted by Crippen LogP contribution is 2.06. The maximum Gasteiger partial charge on any atom is 0.0607 e. The molecular formula is C10H22N2O2. The van der Waals surface area contributed by atoms with E-state index in [1.807, 2.05) is 0 Å². The van der Waals surface area contributed by atoms with E-state index in [0.717, 1.165) is 19.5 Å². The Morgan fingerprint density at radius 2 is 1.79 bits per heavy atom. The summed E-state index contributed by atoms with van der Waals surface area (Å²) in [6.45, 7) is 4.52. The first-order valence-corrected chi connectivity index (χ1v) is 5.54. The van der Waals surface area contributed by atoms with Gasteiger partial charge in [0.25, 0.3) is 0 Å². The van der Waals surface area contributed by atoms with Gasteiger partial charge in [-0.25, -0.2) is 0 Å². The van der Waals surface area contributed by atoms with Gasteiger partial charge in [-0.2, -0.15) is 0 Å². The number of aliphatic hydroxyl groups excluding tert-OH is 2. The Hall–Kier alpha value is -0.160. The van der Waals surface area contributed by atoms with Crippen LogP contribution in [-0.4, -0.2) is 60.5 Å². The number of nitrogens with one attached hydrogen (secondary N) is 1. The fraction of sp³-hybridized carbons (Fsp3) is 1.00. The predicted octanol–water partition coefficient (Wildman–Crippen LogP) is -0.585. The normalized spacial score (nSPS) is 18.2. The summed E-state index contributed by atoms with van der Waals surface area (Å²) < 4.78 is 0. The first-order valence-electron chi connectivity index (χ1n) is 5.54. The molecule has 1 saturated heterocycles. The van der Waals surface area contributed by atoms with E-state index in [1.54, 1.807) is 0 Å². The van der Waals surface area contributed by atoms with E-state index in [-0.39, 0.29) is 19.3 Å². The van der Waals surface area contributed by atoms with Crippen LogP contribution in [0.1, 0.15) is 19.3 Å². The summed E-state index contributed by atoms with van der Waals surface area (Å²) in [7, 11) is 0. The van der Waals surface area contributed by atoms with E-state index in [4.69, 9.17) is 10.2 Å². The van der Waals surface area contributed by atoms with E-state index in [2.05, 4.69) is 10.2 Å². The molecule has 0 saturated carbocycles. The van der Waals surface area contributed by atoms with E-state index in [9.17, 15) is 0 Å². The molecule has 4 heteroatoms. The second-order valence-electron chi connectivity index (χ2n) is 3.92. The minimum atomic E-state index is -0.145. The van der Waals surface area contributed by atoms with Crippen molar-refractivity contribution in [1.29, 1.82) is 0 Å². The van der Waals surface area contributed by atoms with E-state index in [1.165, 1.54) is 25.9 Å². The van der Waals surface area contributed by atoms with Crippen molar-refractivity contribution < 1.29 is 10.2 Å². The minimum Gasteiger partial charge on any atom is -0.395 e. The van der Waals surface area contributed by atoms with Gasteiger partial charge in [-0.15, -0.1) is 0 Å². The van der Waals surface area contributed by atoms with Crippen LogP contribution in [0.5, 0.6) is 0 Å². The first kappa shape index (κ1) is 11.9. The Morgan fingerprint density at radius 1 is 1.14 bits per heavy atom. The molecule has 14 heavy (non-hydrogen) atoms. The molecule has 0 aliphatic carbocycles. The van der Waals surface area contributed by atoms with Gasteiger partial charge < -0.3 is 20.4 Å². The lowest BCUT2D eigenvalue weighted by Gasteiger charge is -2.16. The van der Waals surface area contributed by atoms with Crippen molar-refractivity contribution in [2.45, 2.75) is 25.3 Å². The van der Waals surface area contributed by atoms with Crippen LogP contribution < -0.4 is 5.32 Å². The molecule has 0 aromatic heterocycles. The van der Waals surface area contributed by atoms with Gasteiger partial charge in [0.1, 0.15) is 0 Å². The van der Waals surface area contributed by atoms with Crippen LogP contribution in [0.2, 0.25) is 0 Å². The van der Waals surface area contributed by atoms with Crippen molar-refractivity contribution in [3.63, 3.8) is 0 Å². The van der Waals surface area contributed by atoms with Gasteiger partial charge in [0.2, 0.25) is 0 Å². The molecule has 0 aromatic carbocycles. The van der Waals surface area contributed by atoms with Gasteiger partial charge in [-0.3, -0.25) is 0 Å². The van der Waals surface area contributed by atoms with Crippen molar-refractivity contribution in [2.24, 2.45) is 0 Å². The van der Waals surface area contributed by atoms with E-state index < -0.39 is 0 Å². The fourth-order valence-corrected chi connectivity index (χ4v) is 1.80. The second-order valence-corrected chi connectivity index (χ2v) is 3.92. The van der Waals surface area contributed by atoms with Gasteiger partial charge in [0.15, 0.2) is 0 Å². The Balaban J connectivity index is 1.92. The largest absolute Gasteiger partial charge is 0.395 e. The molecule has 4 nitrogen and oxygen atoms in total. The van der Waals surface area contributed by atoms with Gasteiger partial charge in [0, 0.05) is 0 Å². The number of hydrogen-bond acceptors (Lipinski definition) is 4. The SMILES string of the molecule is OCC(CO)NCCCN1CCCC1. The topological polar surface area (TPSA) is 55.7 Å². The molecule has 0 spiro atoms. The van der Waals surface area contributed by atoms with E-state index >= 15 is 0 Å². The maximum absolute atomic E-state index is 8.80. The fourth-order valence-electron chi connectivity index (χ4n) is 1.80. The number of hydrogen-bond donors (Lipinski definition) is 3. The highest BCUT2D eigenvalue weighted by atomic mass is 16.3. The van der Waals surface area contributed by atoms with Crippen LogP contribution in [-0.2, 0) is 0 Å². The number of rotatable bonds is 7.